The van der Waals surface area contributed by atoms with Crippen molar-refractivity contribution in [1.82, 2.24) is 5.73 Å². The molecular formula is C13H26N. The van der Waals surface area contributed by atoms with Crippen molar-refractivity contribution in [2.45, 2.75) is 64.7 Å². The highest BCUT2D eigenvalue weighted by molar-refractivity contribution is 4.79. The summed E-state index contributed by atoms with van der Waals surface area (Å²) in [6.45, 7) is 2.80. The van der Waals surface area contributed by atoms with E-state index in [0.29, 0.717) is 6.54 Å². The molecule has 0 aromatic rings. The van der Waals surface area contributed by atoms with Gasteiger partial charge in [-0.05, 0) is 25.7 Å². The first-order valence-corrected chi connectivity index (χ1v) is 6.21. The van der Waals surface area contributed by atoms with Gasteiger partial charge in [0.05, 0.1) is 0 Å². The Bertz CT molecular complexity index is 118. The average Bonchev–Trinajstić information content (AvgIpc) is 2.21. The average molecular weight is 196 g/mol. The van der Waals surface area contributed by atoms with Crippen molar-refractivity contribution in [3.8, 4) is 0 Å². The molecule has 1 radical (unpaired) electrons. The molecule has 0 rings (SSSR count). The Morgan fingerprint density at radius 2 is 1.36 bits per heavy atom. The molecular weight excluding hydrogens is 170 g/mol. The molecule has 0 aliphatic rings. The van der Waals surface area contributed by atoms with Gasteiger partial charge >= 0.3 is 0 Å². The van der Waals surface area contributed by atoms with E-state index in [-0.39, 0.29) is 0 Å². The van der Waals surface area contributed by atoms with Gasteiger partial charge in [0.25, 0.3) is 0 Å². The van der Waals surface area contributed by atoms with Gasteiger partial charge in [0.15, 0.2) is 0 Å². The summed E-state index contributed by atoms with van der Waals surface area (Å²) in [6.07, 6.45) is 16.2. The third kappa shape index (κ3) is 11.7. The van der Waals surface area contributed by atoms with Crippen LogP contribution in [0, 0.1) is 0 Å². The molecule has 0 heterocycles. The van der Waals surface area contributed by atoms with Gasteiger partial charge < -0.3 is 0 Å². The zero-order valence-electron chi connectivity index (χ0n) is 9.73. The second kappa shape index (κ2) is 12.7. The van der Waals surface area contributed by atoms with E-state index in [9.17, 15) is 0 Å². The van der Waals surface area contributed by atoms with Crippen LogP contribution in [0.5, 0.6) is 0 Å². The fourth-order valence-electron chi connectivity index (χ4n) is 1.56. The molecule has 0 saturated heterocycles. The maximum atomic E-state index is 7.01. The van der Waals surface area contributed by atoms with Crippen LogP contribution in [0.15, 0.2) is 12.2 Å². The lowest BCUT2D eigenvalue weighted by Crippen LogP contribution is -1.85. The van der Waals surface area contributed by atoms with Crippen LogP contribution in [0.4, 0.5) is 0 Å². The smallest absolute Gasteiger partial charge is 0.00997 e. The lowest BCUT2D eigenvalue weighted by Gasteiger charge is -1.99. The molecule has 0 unspecified atom stereocenters. The fraction of sp³-hybridized carbons (Fsp3) is 0.846. The lowest BCUT2D eigenvalue weighted by atomic mass is 10.1. The van der Waals surface area contributed by atoms with Crippen LogP contribution < -0.4 is 5.73 Å². The number of unbranched alkanes of at least 4 members (excludes halogenated alkanes) is 7. The molecule has 0 aromatic carbocycles. The van der Waals surface area contributed by atoms with Crippen molar-refractivity contribution < 1.29 is 0 Å². The summed E-state index contributed by atoms with van der Waals surface area (Å²) >= 11 is 0. The summed E-state index contributed by atoms with van der Waals surface area (Å²) in [5.41, 5.74) is 7.01. The predicted molar refractivity (Wildman–Crippen MR) is 64.3 cm³/mol. The minimum absolute atomic E-state index is 0.613. The number of hydrogen-bond donors (Lipinski definition) is 0. The van der Waals surface area contributed by atoms with Crippen molar-refractivity contribution in [3.63, 3.8) is 0 Å². The quantitative estimate of drug-likeness (QED) is 0.366. The van der Waals surface area contributed by atoms with Crippen molar-refractivity contribution in [2.75, 3.05) is 6.54 Å². The monoisotopic (exact) mass is 196 g/mol. The predicted octanol–water partition coefficient (Wildman–Crippen LogP) is 4.36. The molecule has 83 valence electrons. The van der Waals surface area contributed by atoms with E-state index in [1.807, 2.05) is 0 Å². The molecule has 0 fully saturated rings. The first-order valence-electron chi connectivity index (χ1n) is 6.21. The summed E-state index contributed by atoms with van der Waals surface area (Å²) in [6, 6.07) is 0. The minimum atomic E-state index is 0.613. The van der Waals surface area contributed by atoms with Crippen molar-refractivity contribution in [3.05, 3.63) is 12.2 Å². The van der Waals surface area contributed by atoms with E-state index in [1.54, 1.807) is 0 Å². The zero-order chi connectivity index (χ0) is 10.5. The van der Waals surface area contributed by atoms with Crippen molar-refractivity contribution >= 4 is 0 Å². The molecule has 1 N–H and O–H groups in total. The highest BCUT2D eigenvalue weighted by Crippen LogP contribution is 2.08. The van der Waals surface area contributed by atoms with Gasteiger partial charge in [0.1, 0.15) is 0 Å². The third-order valence-electron chi connectivity index (χ3n) is 2.45. The van der Waals surface area contributed by atoms with E-state index in [1.165, 1.54) is 51.4 Å². The molecule has 0 saturated carbocycles. The normalized spacial score (nSPS) is 11.3. The summed E-state index contributed by atoms with van der Waals surface area (Å²) in [7, 11) is 0. The number of rotatable bonds is 10. The SMILES string of the molecule is CCC=CCCCCCCCCC[NH]. The molecule has 0 bridgehead atoms. The Morgan fingerprint density at radius 3 is 1.93 bits per heavy atom. The standard InChI is InChI=1S/C13H26N/c1-2-3-4-5-6-7-8-9-10-11-12-13-14/h3-4,14H,2,5-13H2,1H3. The van der Waals surface area contributed by atoms with Crippen molar-refractivity contribution in [1.29, 1.82) is 0 Å². The van der Waals surface area contributed by atoms with Crippen LogP contribution in [0.2, 0.25) is 0 Å². The van der Waals surface area contributed by atoms with E-state index in [4.69, 9.17) is 5.73 Å². The van der Waals surface area contributed by atoms with E-state index in [0.717, 1.165) is 6.42 Å². The third-order valence-corrected chi connectivity index (χ3v) is 2.45. The van der Waals surface area contributed by atoms with E-state index >= 15 is 0 Å². The minimum Gasteiger partial charge on any atom is -0.258 e. The summed E-state index contributed by atoms with van der Waals surface area (Å²) < 4.78 is 0. The van der Waals surface area contributed by atoms with Gasteiger partial charge in [0.2, 0.25) is 0 Å². The Kier molecular flexibility index (Phi) is 12.4. The maximum Gasteiger partial charge on any atom is 0.00997 e. The maximum absolute atomic E-state index is 7.01. The van der Waals surface area contributed by atoms with Crippen LogP contribution in [0.3, 0.4) is 0 Å². The summed E-state index contributed by atoms with van der Waals surface area (Å²) in [5.74, 6) is 0. The fourth-order valence-corrected chi connectivity index (χ4v) is 1.56. The van der Waals surface area contributed by atoms with Crippen LogP contribution in [0.1, 0.15) is 64.7 Å². The van der Waals surface area contributed by atoms with Gasteiger partial charge in [-0.15, -0.1) is 0 Å². The molecule has 1 heteroatoms. The topological polar surface area (TPSA) is 23.8 Å². The molecule has 0 amide bonds. The Morgan fingerprint density at radius 1 is 0.786 bits per heavy atom. The highest BCUT2D eigenvalue weighted by Gasteiger charge is 1.90. The van der Waals surface area contributed by atoms with Gasteiger partial charge in [-0.3, -0.25) is 5.73 Å². The van der Waals surface area contributed by atoms with Crippen molar-refractivity contribution in [2.24, 2.45) is 0 Å². The van der Waals surface area contributed by atoms with Gasteiger partial charge in [-0.1, -0.05) is 51.2 Å². The molecule has 0 aliphatic carbocycles. The summed E-state index contributed by atoms with van der Waals surface area (Å²) in [5, 5.41) is 0. The Balaban J connectivity index is 2.88. The lowest BCUT2D eigenvalue weighted by molar-refractivity contribution is 0.582. The number of allylic oxidation sites excluding steroid dienone is 2. The number of nitrogens with one attached hydrogen (secondary N) is 1. The van der Waals surface area contributed by atoms with Crippen LogP contribution >= 0.6 is 0 Å². The first-order chi connectivity index (χ1) is 6.91. The van der Waals surface area contributed by atoms with E-state index < -0.39 is 0 Å². The highest BCUT2D eigenvalue weighted by atomic mass is 14.5. The molecule has 0 aliphatic heterocycles. The Labute approximate surface area is 89.8 Å². The molecule has 1 nitrogen and oxygen atoms in total. The van der Waals surface area contributed by atoms with Crippen LogP contribution in [-0.4, -0.2) is 6.54 Å². The second-order valence-electron chi connectivity index (χ2n) is 3.89. The largest absolute Gasteiger partial charge is 0.258 e. The van der Waals surface area contributed by atoms with Crippen LogP contribution in [0.25, 0.3) is 0 Å². The van der Waals surface area contributed by atoms with Gasteiger partial charge in [-0.2, -0.15) is 0 Å². The molecule has 14 heavy (non-hydrogen) atoms. The van der Waals surface area contributed by atoms with Gasteiger partial charge in [0, 0.05) is 6.54 Å². The zero-order valence-corrected chi connectivity index (χ0v) is 9.73. The van der Waals surface area contributed by atoms with E-state index in [2.05, 4.69) is 19.1 Å². The van der Waals surface area contributed by atoms with Crippen LogP contribution in [-0.2, 0) is 0 Å². The Hall–Kier alpha value is -0.300. The first kappa shape index (κ1) is 13.7. The molecule has 0 aromatic heterocycles. The summed E-state index contributed by atoms with van der Waals surface area (Å²) in [4.78, 5) is 0. The number of hydrogen-bond acceptors (Lipinski definition) is 0. The van der Waals surface area contributed by atoms with Gasteiger partial charge in [-0.25, -0.2) is 0 Å². The second-order valence-corrected chi connectivity index (χ2v) is 3.89. The molecule has 0 spiro atoms. The molecule has 0 atom stereocenters.